The second-order valence-electron chi connectivity index (χ2n) is 7.74. The number of benzene rings is 2. The first-order valence-electron chi connectivity index (χ1n) is 10.1. The Labute approximate surface area is 187 Å². The maximum absolute atomic E-state index is 14.7. The van der Waals surface area contributed by atoms with Gasteiger partial charge in [-0.3, -0.25) is 0 Å². The largest absolute Gasteiger partial charge is 0.486 e. The number of aromatic nitrogens is 4. The molecule has 3 heterocycles. The van der Waals surface area contributed by atoms with Gasteiger partial charge in [0.05, 0.1) is 29.9 Å². The van der Waals surface area contributed by atoms with Gasteiger partial charge in [-0.25, -0.2) is 23.1 Å². The molecule has 33 heavy (non-hydrogen) atoms. The van der Waals surface area contributed by atoms with E-state index >= 15 is 0 Å². The molecule has 0 radical (unpaired) electrons. The van der Waals surface area contributed by atoms with Crippen LogP contribution in [-0.4, -0.2) is 33.2 Å². The number of likely N-dealkylation sites (N-methyl/N-ethyl adjacent to an activating group) is 1. The number of halogens is 3. The standard InChI is InChI=1S/C23H19F3N6O/c1-13-10-32(12-28-13)19-4-3-17(8-18(19)26)29-23-27-9-21-22(30-23)31(2)20(11-33-21)14-5-15(24)7-16(25)6-14/h3-10,12,20H,11H2,1-2H3,(H,27,29,30). The van der Waals surface area contributed by atoms with Gasteiger partial charge < -0.3 is 19.5 Å². The van der Waals surface area contributed by atoms with Crippen molar-refractivity contribution in [3.05, 3.63) is 83.8 Å². The van der Waals surface area contributed by atoms with E-state index in [1.165, 1.54) is 24.4 Å². The molecule has 0 spiro atoms. The first-order chi connectivity index (χ1) is 15.9. The summed E-state index contributed by atoms with van der Waals surface area (Å²) in [5, 5.41) is 2.98. The number of ether oxygens (including phenoxy) is 1. The second kappa shape index (κ2) is 8.12. The molecule has 5 rings (SSSR count). The SMILES string of the molecule is Cc1cn(-c2ccc(Nc3ncc4c(n3)N(C)C(c3cc(F)cc(F)c3)CO4)cc2F)cn1. The highest BCUT2D eigenvalue weighted by Crippen LogP contribution is 2.37. The molecule has 2 aromatic carbocycles. The minimum atomic E-state index is -0.662. The van der Waals surface area contributed by atoms with Crippen molar-refractivity contribution in [2.45, 2.75) is 13.0 Å². The number of rotatable bonds is 4. The van der Waals surface area contributed by atoms with Crippen molar-refractivity contribution in [1.82, 2.24) is 19.5 Å². The fraction of sp³-hybridized carbons (Fsp3) is 0.174. The summed E-state index contributed by atoms with van der Waals surface area (Å²) >= 11 is 0. The third kappa shape index (κ3) is 4.07. The molecule has 0 amide bonds. The summed E-state index contributed by atoms with van der Waals surface area (Å²) in [7, 11) is 1.76. The van der Waals surface area contributed by atoms with E-state index in [9.17, 15) is 13.2 Å². The predicted octanol–water partition coefficient (Wildman–Crippen LogP) is 4.70. The number of aryl methyl sites for hydroxylation is 1. The minimum absolute atomic E-state index is 0.183. The number of anilines is 3. The normalized spacial score (nSPS) is 15.2. The molecule has 168 valence electrons. The average molecular weight is 452 g/mol. The predicted molar refractivity (Wildman–Crippen MR) is 117 cm³/mol. The summed E-state index contributed by atoms with van der Waals surface area (Å²) < 4.78 is 49.4. The molecule has 1 aliphatic heterocycles. The van der Waals surface area contributed by atoms with Crippen LogP contribution in [0.3, 0.4) is 0 Å². The molecular formula is C23H19F3N6O. The van der Waals surface area contributed by atoms with Gasteiger partial charge in [0.15, 0.2) is 11.6 Å². The van der Waals surface area contributed by atoms with E-state index in [-0.39, 0.29) is 12.6 Å². The molecule has 0 aliphatic carbocycles. The van der Waals surface area contributed by atoms with Crippen LogP contribution in [0.4, 0.5) is 30.6 Å². The summed E-state index contributed by atoms with van der Waals surface area (Å²) in [6.45, 7) is 2.01. The molecule has 4 aromatic rings. The van der Waals surface area contributed by atoms with E-state index in [1.54, 1.807) is 41.2 Å². The van der Waals surface area contributed by atoms with E-state index < -0.39 is 23.5 Å². The Bertz CT molecular complexity index is 1320. The Morgan fingerprint density at radius 3 is 2.55 bits per heavy atom. The van der Waals surface area contributed by atoms with Crippen molar-refractivity contribution in [3.63, 3.8) is 0 Å². The minimum Gasteiger partial charge on any atom is -0.486 e. The summed E-state index contributed by atoms with van der Waals surface area (Å²) in [5.41, 5.74) is 2.04. The third-order valence-electron chi connectivity index (χ3n) is 5.40. The molecule has 0 fully saturated rings. The quantitative estimate of drug-likeness (QED) is 0.484. The van der Waals surface area contributed by atoms with Crippen LogP contribution in [0, 0.1) is 24.4 Å². The smallest absolute Gasteiger partial charge is 0.229 e. The molecule has 0 bridgehead atoms. The Morgan fingerprint density at radius 2 is 1.85 bits per heavy atom. The number of fused-ring (bicyclic) bond motifs is 1. The van der Waals surface area contributed by atoms with Gasteiger partial charge in [0.25, 0.3) is 0 Å². The second-order valence-corrected chi connectivity index (χ2v) is 7.74. The van der Waals surface area contributed by atoms with Crippen LogP contribution in [-0.2, 0) is 0 Å². The van der Waals surface area contributed by atoms with Gasteiger partial charge in [0.1, 0.15) is 24.1 Å². The first kappa shape index (κ1) is 20.8. The van der Waals surface area contributed by atoms with Crippen LogP contribution >= 0.6 is 0 Å². The van der Waals surface area contributed by atoms with Gasteiger partial charge in [-0.15, -0.1) is 0 Å². The van der Waals surface area contributed by atoms with Crippen LogP contribution in [0.2, 0.25) is 0 Å². The van der Waals surface area contributed by atoms with Crippen molar-refractivity contribution >= 4 is 17.5 Å². The first-order valence-corrected chi connectivity index (χ1v) is 10.1. The Hall–Kier alpha value is -4.08. The molecule has 0 saturated heterocycles. The molecule has 10 heteroatoms. The molecule has 0 saturated carbocycles. The molecule has 2 aromatic heterocycles. The Balaban J connectivity index is 1.40. The van der Waals surface area contributed by atoms with Crippen LogP contribution in [0.15, 0.2) is 55.1 Å². The van der Waals surface area contributed by atoms with E-state index in [1.807, 2.05) is 6.92 Å². The summed E-state index contributed by atoms with van der Waals surface area (Å²) in [6.07, 6.45) is 4.78. The number of imidazole rings is 1. The maximum Gasteiger partial charge on any atom is 0.229 e. The van der Waals surface area contributed by atoms with Gasteiger partial charge >= 0.3 is 0 Å². The van der Waals surface area contributed by atoms with Crippen LogP contribution in [0.25, 0.3) is 5.69 Å². The zero-order valence-corrected chi connectivity index (χ0v) is 17.8. The van der Waals surface area contributed by atoms with Gasteiger partial charge in [-0.05, 0) is 42.8 Å². The highest BCUT2D eigenvalue weighted by atomic mass is 19.1. The zero-order valence-electron chi connectivity index (χ0n) is 17.8. The van der Waals surface area contributed by atoms with Crippen LogP contribution in [0.1, 0.15) is 17.3 Å². The number of hydrogen-bond acceptors (Lipinski definition) is 6. The number of hydrogen-bond donors (Lipinski definition) is 1. The number of nitrogens with one attached hydrogen (secondary N) is 1. The van der Waals surface area contributed by atoms with Crippen molar-refractivity contribution in [2.75, 3.05) is 23.9 Å². The Kier molecular flexibility index (Phi) is 5.12. The van der Waals surface area contributed by atoms with Gasteiger partial charge in [-0.1, -0.05) is 0 Å². The fourth-order valence-electron chi connectivity index (χ4n) is 3.77. The Morgan fingerprint density at radius 1 is 1.06 bits per heavy atom. The summed E-state index contributed by atoms with van der Waals surface area (Å²) in [6, 6.07) is 7.59. The van der Waals surface area contributed by atoms with Crippen molar-refractivity contribution in [2.24, 2.45) is 0 Å². The molecule has 1 N–H and O–H groups in total. The van der Waals surface area contributed by atoms with Crippen LogP contribution in [0.5, 0.6) is 5.75 Å². The highest BCUT2D eigenvalue weighted by molar-refractivity contribution is 5.61. The van der Waals surface area contributed by atoms with Gasteiger partial charge in [0, 0.05) is 25.0 Å². The van der Waals surface area contributed by atoms with E-state index in [0.717, 1.165) is 11.8 Å². The maximum atomic E-state index is 14.7. The lowest BCUT2D eigenvalue weighted by Gasteiger charge is -2.35. The molecular weight excluding hydrogens is 433 g/mol. The van der Waals surface area contributed by atoms with Crippen molar-refractivity contribution < 1.29 is 17.9 Å². The fourth-order valence-corrected chi connectivity index (χ4v) is 3.77. The monoisotopic (exact) mass is 452 g/mol. The topological polar surface area (TPSA) is 68.1 Å². The molecule has 1 aliphatic rings. The van der Waals surface area contributed by atoms with Crippen LogP contribution < -0.4 is 15.0 Å². The van der Waals surface area contributed by atoms with Crippen molar-refractivity contribution in [1.29, 1.82) is 0 Å². The lowest BCUT2D eigenvalue weighted by Crippen LogP contribution is -2.34. The van der Waals surface area contributed by atoms with E-state index in [4.69, 9.17) is 4.74 Å². The lowest BCUT2D eigenvalue weighted by molar-refractivity contribution is 0.264. The summed E-state index contributed by atoms with van der Waals surface area (Å²) in [4.78, 5) is 14.6. The molecule has 1 unspecified atom stereocenters. The zero-order chi connectivity index (χ0) is 23.1. The van der Waals surface area contributed by atoms with Gasteiger partial charge in [-0.2, -0.15) is 4.98 Å². The lowest BCUT2D eigenvalue weighted by atomic mass is 10.0. The summed E-state index contributed by atoms with van der Waals surface area (Å²) in [5.74, 6) is -0.659. The average Bonchev–Trinajstić information content (AvgIpc) is 3.19. The number of nitrogens with zero attached hydrogens (tertiary/aromatic N) is 5. The van der Waals surface area contributed by atoms with Crippen molar-refractivity contribution in [3.8, 4) is 11.4 Å². The molecule has 7 nitrogen and oxygen atoms in total. The molecule has 1 atom stereocenters. The third-order valence-corrected chi connectivity index (χ3v) is 5.40. The highest BCUT2D eigenvalue weighted by Gasteiger charge is 2.29. The van der Waals surface area contributed by atoms with E-state index in [2.05, 4.69) is 20.3 Å². The van der Waals surface area contributed by atoms with E-state index in [0.29, 0.717) is 28.5 Å². The van der Waals surface area contributed by atoms with Gasteiger partial charge in [0.2, 0.25) is 5.95 Å².